The lowest BCUT2D eigenvalue weighted by molar-refractivity contribution is 0.289. The smallest absolute Gasteiger partial charge is 0.0490 e. The molecule has 19 heavy (non-hydrogen) atoms. The summed E-state index contributed by atoms with van der Waals surface area (Å²) in [5.74, 6) is 0. The zero-order chi connectivity index (χ0) is 13.4. The van der Waals surface area contributed by atoms with Crippen LogP contribution in [0.5, 0.6) is 0 Å². The van der Waals surface area contributed by atoms with Crippen molar-refractivity contribution < 1.29 is 0 Å². The highest BCUT2D eigenvalue weighted by atomic mass is 15.1. The van der Waals surface area contributed by atoms with E-state index in [4.69, 9.17) is 0 Å². The van der Waals surface area contributed by atoms with Gasteiger partial charge in [0, 0.05) is 35.2 Å². The first-order valence-corrected chi connectivity index (χ1v) is 7.14. The maximum atomic E-state index is 3.66. The number of aromatic amines is 1. The number of fused-ring (bicyclic) bond motifs is 1. The van der Waals surface area contributed by atoms with E-state index in [0.29, 0.717) is 6.04 Å². The van der Waals surface area contributed by atoms with Gasteiger partial charge in [-0.15, -0.1) is 0 Å². The molecule has 102 valence electrons. The Labute approximate surface area is 115 Å². The van der Waals surface area contributed by atoms with Crippen molar-refractivity contribution in [1.82, 2.24) is 15.2 Å². The van der Waals surface area contributed by atoms with Gasteiger partial charge in [0.15, 0.2) is 0 Å². The highest BCUT2D eigenvalue weighted by Gasteiger charge is 2.25. The number of likely N-dealkylation sites (N-methyl/N-ethyl adjacent to an activating group) is 1. The molecular formula is C16H23N3. The molecule has 1 saturated carbocycles. The summed E-state index contributed by atoms with van der Waals surface area (Å²) in [5.41, 5.74) is 3.97. The molecule has 1 atom stereocenters. The third-order valence-electron chi connectivity index (χ3n) is 4.08. The lowest BCUT2D eigenvalue weighted by Gasteiger charge is -2.25. The van der Waals surface area contributed by atoms with Gasteiger partial charge in [0.1, 0.15) is 0 Å². The van der Waals surface area contributed by atoms with E-state index in [1.165, 1.54) is 35.0 Å². The lowest BCUT2D eigenvalue weighted by atomic mass is 10.0. The van der Waals surface area contributed by atoms with E-state index in [-0.39, 0.29) is 0 Å². The molecule has 0 saturated heterocycles. The first kappa shape index (κ1) is 12.7. The Hall–Kier alpha value is -1.32. The molecule has 2 aromatic rings. The number of hydrogen-bond donors (Lipinski definition) is 2. The number of hydrogen-bond acceptors (Lipinski definition) is 2. The van der Waals surface area contributed by atoms with Crippen LogP contribution in [0.2, 0.25) is 0 Å². The van der Waals surface area contributed by atoms with Gasteiger partial charge in [-0.1, -0.05) is 18.2 Å². The van der Waals surface area contributed by atoms with Crippen LogP contribution in [0.3, 0.4) is 0 Å². The summed E-state index contributed by atoms with van der Waals surface area (Å²) in [7, 11) is 4.33. The van der Waals surface area contributed by atoms with Gasteiger partial charge in [-0.05, 0) is 45.5 Å². The summed E-state index contributed by atoms with van der Waals surface area (Å²) in [6, 6.07) is 9.79. The summed E-state index contributed by atoms with van der Waals surface area (Å²) in [6.07, 6.45) is 2.68. The Bertz CT molecular complexity index is 566. The molecule has 1 aliphatic carbocycles. The van der Waals surface area contributed by atoms with Crippen LogP contribution >= 0.6 is 0 Å². The fraction of sp³-hybridized carbons (Fsp3) is 0.500. The van der Waals surface area contributed by atoms with Crippen LogP contribution in [0, 0.1) is 6.92 Å². The van der Waals surface area contributed by atoms with Gasteiger partial charge in [0.05, 0.1) is 0 Å². The molecule has 3 heteroatoms. The quantitative estimate of drug-likeness (QED) is 0.863. The molecule has 2 N–H and O–H groups in total. The average molecular weight is 257 g/mol. The second-order valence-corrected chi connectivity index (χ2v) is 5.87. The predicted molar refractivity (Wildman–Crippen MR) is 80.5 cm³/mol. The molecule has 1 aromatic heterocycles. The maximum Gasteiger partial charge on any atom is 0.0490 e. The van der Waals surface area contributed by atoms with Crippen molar-refractivity contribution in [3.8, 4) is 0 Å². The van der Waals surface area contributed by atoms with Gasteiger partial charge < -0.3 is 15.2 Å². The number of aryl methyl sites for hydroxylation is 1. The summed E-state index contributed by atoms with van der Waals surface area (Å²) in [4.78, 5) is 5.83. The maximum absolute atomic E-state index is 3.66. The van der Waals surface area contributed by atoms with Crippen molar-refractivity contribution in [2.45, 2.75) is 31.8 Å². The Morgan fingerprint density at radius 1 is 1.32 bits per heavy atom. The van der Waals surface area contributed by atoms with Crippen molar-refractivity contribution in [2.24, 2.45) is 0 Å². The number of nitrogens with zero attached hydrogens (tertiary/aromatic N) is 1. The summed E-state index contributed by atoms with van der Waals surface area (Å²) in [5, 5.41) is 5.02. The normalized spacial score (nSPS) is 17.3. The molecule has 3 nitrogen and oxygen atoms in total. The molecule has 0 spiro atoms. The van der Waals surface area contributed by atoms with Crippen molar-refractivity contribution in [3.63, 3.8) is 0 Å². The number of rotatable bonds is 5. The first-order chi connectivity index (χ1) is 9.16. The molecule has 1 fully saturated rings. The van der Waals surface area contributed by atoms with Crippen LogP contribution < -0.4 is 5.32 Å². The minimum Gasteiger partial charge on any atom is -0.358 e. The number of aromatic nitrogens is 1. The monoisotopic (exact) mass is 257 g/mol. The number of para-hydroxylation sites is 1. The van der Waals surface area contributed by atoms with Gasteiger partial charge in [0.2, 0.25) is 0 Å². The SMILES string of the molecule is Cc1[nH]c2ccccc2c1C(CNC1CC1)N(C)C. The van der Waals surface area contributed by atoms with Gasteiger partial charge in [-0.3, -0.25) is 0 Å². The summed E-state index contributed by atoms with van der Waals surface area (Å²) in [6.45, 7) is 3.21. The zero-order valence-electron chi connectivity index (χ0n) is 12.0. The standard InChI is InChI=1S/C16H23N3/c1-11-16(13-6-4-5-7-14(13)18-11)15(19(2)3)10-17-12-8-9-12/h4-7,12,15,17-18H,8-10H2,1-3H3. The fourth-order valence-corrected chi connectivity index (χ4v) is 2.84. The van der Waals surface area contributed by atoms with Gasteiger partial charge in [-0.25, -0.2) is 0 Å². The Morgan fingerprint density at radius 3 is 2.74 bits per heavy atom. The van der Waals surface area contributed by atoms with E-state index in [9.17, 15) is 0 Å². The second-order valence-electron chi connectivity index (χ2n) is 5.87. The van der Waals surface area contributed by atoms with Crippen LogP contribution in [0.1, 0.15) is 30.1 Å². The van der Waals surface area contributed by atoms with Crippen molar-refractivity contribution in [3.05, 3.63) is 35.5 Å². The van der Waals surface area contributed by atoms with Crippen molar-refractivity contribution in [2.75, 3.05) is 20.6 Å². The van der Waals surface area contributed by atoms with E-state index in [1.54, 1.807) is 0 Å². The van der Waals surface area contributed by atoms with E-state index in [2.05, 4.69) is 60.5 Å². The summed E-state index contributed by atoms with van der Waals surface area (Å²) < 4.78 is 0. The molecule has 1 heterocycles. The molecule has 1 aliphatic rings. The van der Waals surface area contributed by atoms with Crippen LogP contribution in [0.25, 0.3) is 10.9 Å². The van der Waals surface area contributed by atoms with E-state index >= 15 is 0 Å². The highest BCUT2D eigenvalue weighted by Crippen LogP contribution is 2.30. The number of nitrogens with one attached hydrogen (secondary N) is 2. The minimum absolute atomic E-state index is 0.428. The fourth-order valence-electron chi connectivity index (χ4n) is 2.84. The van der Waals surface area contributed by atoms with Gasteiger partial charge in [0.25, 0.3) is 0 Å². The molecule has 0 amide bonds. The lowest BCUT2D eigenvalue weighted by Crippen LogP contribution is -2.32. The van der Waals surface area contributed by atoms with Gasteiger partial charge >= 0.3 is 0 Å². The molecule has 0 bridgehead atoms. The van der Waals surface area contributed by atoms with Crippen LogP contribution in [0.15, 0.2) is 24.3 Å². The van der Waals surface area contributed by atoms with Crippen molar-refractivity contribution in [1.29, 1.82) is 0 Å². The largest absolute Gasteiger partial charge is 0.358 e. The second kappa shape index (κ2) is 4.99. The first-order valence-electron chi connectivity index (χ1n) is 7.14. The van der Waals surface area contributed by atoms with Crippen LogP contribution in [-0.2, 0) is 0 Å². The van der Waals surface area contributed by atoms with E-state index in [0.717, 1.165) is 12.6 Å². The van der Waals surface area contributed by atoms with E-state index < -0.39 is 0 Å². The molecule has 1 unspecified atom stereocenters. The topological polar surface area (TPSA) is 31.1 Å². The molecule has 3 rings (SSSR count). The molecule has 1 aromatic carbocycles. The Balaban J connectivity index is 1.95. The van der Waals surface area contributed by atoms with Crippen LogP contribution in [0.4, 0.5) is 0 Å². The van der Waals surface area contributed by atoms with Crippen LogP contribution in [-0.4, -0.2) is 36.6 Å². The highest BCUT2D eigenvalue weighted by molar-refractivity contribution is 5.85. The minimum atomic E-state index is 0.428. The Morgan fingerprint density at radius 2 is 2.05 bits per heavy atom. The third kappa shape index (κ3) is 2.53. The molecule has 0 radical (unpaired) electrons. The number of benzene rings is 1. The molecule has 0 aliphatic heterocycles. The average Bonchev–Trinajstić information content (AvgIpc) is 3.13. The number of H-pyrrole nitrogens is 1. The third-order valence-corrected chi connectivity index (χ3v) is 4.08. The summed E-state index contributed by atoms with van der Waals surface area (Å²) >= 11 is 0. The zero-order valence-corrected chi connectivity index (χ0v) is 12.0. The van der Waals surface area contributed by atoms with E-state index in [1.807, 2.05) is 0 Å². The van der Waals surface area contributed by atoms with Gasteiger partial charge in [-0.2, -0.15) is 0 Å². The molecular weight excluding hydrogens is 234 g/mol. The predicted octanol–water partition coefficient (Wildman–Crippen LogP) is 2.83. The Kier molecular flexibility index (Phi) is 3.33. The van der Waals surface area contributed by atoms with Crippen molar-refractivity contribution >= 4 is 10.9 Å².